The molecule has 1 heterocycles. The number of unbranched alkanes of at least 4 members (excludes halogenated alkanes) is 4. The molecule has 30 heavy (non-hydrogen) atoms. The van der Waals surface area contributed by atoms with Gasteiger partial charge in [-0.15, -0.1) is 0 Å². The van der Waals surface area contributed by atoms with Crippen LogP contribution in [0, 0.1) is 5.92 Å². The molecule has 1 saturated heterocycles. The van der Waals surface area contributed by atoms with Gasteiger partial charge in [-0.3, -0.25) is 0 Å². The van der Waals surface area contributed by atoms with E-state index in [1.54, 1.807) is 0 Å². The fraction of sp³-hybridized carbons (Fsp3) is 0.917. The number of carbonyl (C=O) groups excluding carboxylic acids is 2. The first-order chi connectivity index (χ1) is 14.5. The topological polar surface area (TPSA) is 67.4 Å². The Morgan fingerprint density at radius 2 is 1.67 bits per heavy atom. The number of rotatable bonds is 16. The molecule has 0 radical (unpaired) electrons. The van der Waals surface area contributed by atoms with E-state index >= 15 is 0 Å². The molecule has 6 heteroatoms. The van der Waals surface area contributed by atoms with Crippen molar-refractivity contribution in [3.63, 3.8) is 0 Å². The second-order valence-corrected chi connectivity index (χ2v) is 24.6. The van der Waals surface area contributed by atoms with Crippen LogP contribution in [-0.4, -0.2) is 49.1 Å². The summed E-state index contributed by atoms with van der Waals surface area (Å²) in [4.78, 5) is 26.1. The fourth-order valence-corrected chi connectivity index (χ4v) is 17.5. The average Bonchev–Trinajstić information content (AvgIpc) is 3.27. The van der Waals surface area contributed by atoms with Gasteiger partial charge in [0.1, 0.15) is 0 Å². The first-order valence-corrected chi connectivity index (χ1v) is 21.6. The van der Waals surface area contributed by atoms with E-state index in [0.717, 1.165) is 32.1 Å². The number of urea groups is 1. The molecule has 0 aromatic carbocycles. The Morgan fingerprint density at radius 1 is 0.967 bits per heavy atom. The Bertz CT molecular complexity index is 521. The Hall–Kier alpha value is -0.461. The van der Waals surface area contributed by atoms with E-state index in [-0.39, 0.29) is 12.0 Å². The Kier molecular flexibility index (Phi) is 11.9. The van der Waals surface area contributed by atoms with Crippen LogP contribution in [-0.2, 0) is 9.53 Å². The van der Waals surface area contributed by atoms with E-state index in [9.17, 15) is 9.59 Å². The van der Waals surface area contributed by atoms with E-state index in [2.05, 4.69) is 29.4 Å². The summed E-state index contributed by atoms with van der Waals surface area (Å²) in [5.74, 6) is 0.532. The number of ether oxygens (including phenoxy) is 1. The summed E-state index contributed by atoms with van der Waals surface area (Å²) in [6, 6.07) is 0.608. The van der Waals surface area contributed by atoms with Crippen molar-refractivity contribution in [2.45, 2.75) is 121 Å². The minimum atomic E-state index is -1.89. The molecule has 2 amide bonds. The molecule has 0 unspecified atom stereocenters. The van der Waals surface area contributed by atoms with Crippen LogP contribution < -0.4 is 10.6 Å². The number of esters is 1. The van der Waals surface area contributed by atoms with Crippen molar-refractivity contribution in [2.24, 2.45) is 5.92 Å². The quantitative estimate of drug-likeness (QED) is 0.146. The van der Waals surface area contributed by atoms with Crippen LogP contribution in [0.3, 0.4) is 0 Å². The van der Waals surface area contributed by atoms with E-state index in [1.807, 2.05) is 0 Å². The molecule has 0 bridgehead atoms. The Labute approximate surface area is 188 Å². The van der Waals surface area contributed by atoms with Gasteiger partial charge in [-0.05, 0) is 6.42 Å². The van der Waals surface area contributed by atoms with Crippen LogP contribution >= 0.6 is 0 Å². The molecule has 2 aliphatic rings. The predicted molar refractivity (Wildman–Crippen MR) is 126 cm³/mol. The molecule has 1 saturated carbocycles. The first-order valence-electron chi connectivity index (χ1n) is 12.7. The van der Waals surface area contributed by atoms with E-state index in [1.165, 1.54) is 51.8 Å². The summed E-state index contributed by atoms with van der Waals surface area (Å²) < 4.78 is 10.0. The van der Waals surface area contributed by atoms with Crippen LogP contribution in [0.25, 0.3) is 0 Å². The monoisotopic (exact) mass is 530 g/mol. The zero-order chi connectivity index (χ0) is 21.8. The number of nitrogens with one attached hydrogen (secondary N) is 2. The maximum absolute atomic E-state index is 12.0. The maximum atomic E-state index is 12.0. The minimum absolute atomic E-state index is 0.0154. The van der Waals surface area contributed by atoms with Crippen molar-refractivity contribution < 1.29 is 14.3 Å². The summed E-state index contributed by atoms with van der Waals surface area (Å²) in [5, 5.41) is 6.05. The van der Waals surface area contributed by atoms with Gasteiger partial charge in [0.2, 0.25) is 0 Å². The van der Waals surface area contributed by atoms with Crippen molar-refractivity contribution >= 4 is 30.4 Å². The van der Waals surface area contributed by atoms with E-state index < -0.39 is 18.4 Å². The SMILES string of the molecule is CCC[CH2][Sn]([CH3])([CH2]CCC)[CH2]CCCOC(=O)CCCC[C@@H]1CC[C@@H]2NC(=O)N[C@H]12. The molecule has 174 valence electrons. The van der Waals surface area contributed by atoms with Gasteiger partial charge in [-0.25, -0.2) is 4.79 Å². The number of amides is 2. The van der Waals surface area contributed by atoms with Gasteiger partial charge in [0.25, 0.3) is 0 Å². The average molecular weight is 529 g/mol. The molecule has 3 atom stereocenters. The van der Waals surface area contributed by atoms with Gasteiger partial charge in [-0.1, -0.05) is 0 Å². The third-order valence-corrected chi connectivity index (χ3v) is 20.7. The van der Waals surface area contributed by atoms with Gasteiger partial charge in [-0.2, -0.15) is 0 Å². The second kappa shape index (κ2) is 13.8. The third kappa shape index (κ3) is 8.96. The van der Waals surface area contributed by atoms with Crippen LogP contribution in [0.15, 0.2) is 0 Å². The third-order valence-electron chi connectivity index (χ3n) is 7.32. The van der Waals surface area contributed by atoms with Crippen molar-refractivity contribution in [1.29, 1.82) is 0 Å². The predicted octanol–water partition coefficient (Wildman–Crippen LogP) is 6.01. The molecule has 2 fully saturated rings. The molecular formula is C24H46N2O3Sn. The molecule has 0 spiro atoms. The molecule has 1 aliphatic heterocycles. The van der Waals surface area contributed by atoms with E-state index in [4.69, 9.17) is 4.74 Å². The molecule has 0 aromatic rings. The first kappa shape index (κ1) is 25.8. The molecular weight excluding hydrogens is 483 g/mol. The normalized spacial score (nSPS) is 23.2. The number of hydrogen-bond acceptors (Lipinski definition) is 3. The van der Waals surface area contributed by atoms with Crippen molar-refractivity contribution in [2.75, 3.05) is 6.61 Å². The number of hydrogen-bond donors (Lipinski definition) is 2. The van der Waals surface area contributed by atoms with Gasteiger partial charge < -0.3 is 10.6 Å². The zero-order valence-electron chi connectivity index (χ0n) is 19.8. The Balaban J connectivity index is 1.50. The summed E-state index contributed by atoms with van der Waals surface area (Å²) in [7, 11) is 0. The van der Waals surface area contributed by atoms with Gasteiger partial charge >= 0.3 is 161 Å². The smallest absolute Gasteiger partial charge is 0.333 e. The van der Waals surface area contributed by atoms with Crippen LogP contribution in [0.4, 0.5) is 4.79 Å². The van der Waals surface area contributed by atoms with Crippen LogP contribution in [0.2, 0.25) is 18.2 Å². The number of fused-ring (bicyclic) bond motifs is 1. The summed E-state index contributed by atoms with van der Waals surface area (Å²) in [6.07, 6.45) is 13.6. The second-order valence-electron chi connectivity index (χ2n) is 10.0. The summed E-state index contributed by atoms with van der Waals surface area (Å²) >= 11 is -1.89. The van der Waals surface area contributed by atoms with Gasteiger partial charge in [0.15, 0.2) is 0 Å². The van der Waals surface area contributed by atoms with Gasteiger partial charge in [0, 0.05) is 0 Å². The molecule has 2 N–H and O–H groups in total. The fourth-order valence-electron chi connectivity index (χ4n) is 5.32. The Morgan fingerprint density at radius 3 is 2.37 bits per heavy atom. The van der Waals surface area contributed by atoms with Crippen molar-refractivity contribution in [3.05, 3.63) is 0 Å². The number of carbonyl (C=O) groups is 2. The zero-order valence-corrected chi connectivity index (χ0v) is 22.6. The standard InChI is InChI=1S/C15H25N2O3.2C4H9.CH3.Sn/c1-2-3-10-20-13(18)7-5-4-6-11-8-9-12-14(11)17-15(19)16-12;2*1-3-4-2;;/h11-12,14H,1-10H2,(H2,16,17,19);2*1,3-4H2,2H3;1H3;/t11-,12+,14-;;;;/m1..../s1. The summed E-state index contributed by atoms with van der Waals surface area (Å²) in [6.45, 7) is 5.21. The van der Waals surface area contributed by atoms with Gasteiger partial charge in [0.05, 0.1) is 6.04 Å². The molecule has 1 aliphatic carbocycles. The van der Waals surface area contributed by atoms with Crippen molar-refractivity contribution in [1.82, 2.24) is 10.6 Å². The molecule has 0 aromatic heterocycles. The minimum Gasteiger partial charge on any atom is -0.333 e. The molecule has 2 rings (SSSR count). The van der Waals surface area contributed by atoms with E-state index in [0.29, 0.717) is 31.0 Å². The molecule has 5 nitrogen and oxygen atoms in total. The van der Waals surface area contributed by atoms with Crippen molar-refractivity contribution in [3.8, 4) is 0 Å². The van der Waals surface area contributed by atoms with Crippen LogP contribution in [0.5, 0.6) is 0 Å². The summed E-state index contributed by atoms with van der Waals surface area (Å²) in [5.41, 5.74) is 0. The van der Waals surface area contributed by atoms with Crippen LogP contribution in [0.1, 0.15) is 90.9 Å².